The van der Waals surface area contributed by atoms with Gasteiger partial charge in [0, 0.05) is 17.1 Å². The lowest BCUT2D eigenvalue weighted by Crippen LogP contribution is -2.54. The minimum atomic E-state index is -4.14. The van der Waals surface area contributed by atoms with Crippen LogP contribution < -0.4 is 14.4 Å². The number of nitrogens with zero attached hydrogens (tertiary/aromatic N) is 2. The number of sulfonamides is 1. The van der Waals surface area contributed by atoms with Crippen LogP contribution in [-0.2, 0) is 26.2 Å². The molecule has 0 saturated carbocycles. The summed E-state index contributed by atoms with van der Waals surface area (Å²) < 4.78 is 34.2. The molecule has 0 spiro atoms. The van der Waals surface area contributed by atoms with Gasteiger partial charge in [0.05, 0.1) is 17.2 Å². The monoisotopic (exact) mass is 585 g/mol. The summed E-state index contributed by atoms with van der Waals surface area (Å²) in [5.41, 5.74) is 0.464. The van der Waals surface area contributed by atoms with Crippen LogP contribution in [0.15, 0.2) is 83.8 Å². The zero-order valence-electron chi connectivity index (χ0n) is 23.4. The lowest BCUT2D eigenvalue weighted by Gasteiger charge is -2.33. The highest BCUT2D eigenvalue weighted by Crippen LogP contribution is 2.27. The first-order chi connectivity index (χ1) is 18.8. The van der Waals surface area contributed by atoms with Crippen molar-refractivity contribution >= 4 is 39.1 Å². The second-order valence-corrected chi connectivity index (χ2v) is 12.6. The number of rotatable bonds is 11. The molecule has 0 bridgehead atoms. The van der Waals surface area contributed by atoms with Crippen LogP contribution in [0, 0.1) is 0 Å². The molecular weight excluding hydrogens is 550 g/mol. The Bertz CT molecular complexity index is 1410. The molecule has 0 saturated heterocycles. The largest absolute Gasteiger partial charge is 0.494 e. The van der Waals surface area contributed by atoms with Crippen LogP contribution in [0.4, 0.5) is 5.69 Å². The molecule has 8 nitrogen and oxygen atoms in total. The van der Waals surface area contributed by atoms with Gasteiger partial charge in [0.1, 0.15) is 18.3 Å². The average Bonchev–Trinajstić information content (AvgIpc) is 2.90. The quantitative estimate of drug-likeness (QED) is 0.331. The fourth-order valence-corrected chi connectivity index (χ4v) is 5.66. The van der Waals surface area contributed by atoms with Gasteiger partial charge in [-0.2, -0.15) is 0 Å². The van der Waals surface area contributed by atoms with Gasteiger partial charge in [-0.3, -0.25) is 13.9 Å². The van der Waals surface area contributed by atoms with Crippen molar-refractivity contribution in [2.45, 2.75) is 57.6 Å². The van der Waals surface area contributed by atoms with Crippen molar-refractivity contribution in [2.24, 2.45) is 0 Å². The summed E-state index contributed by atoms with van der Waals surface area (Å²) >= 11 is 6.18. The first kappa shape index (κ1) is 31.0. The Morgan fingerprint density at radius 1 is 0.975 bits per heavy atom. The molecule has 0 aliphatic heterocycles. The molecule has 0 unspecified atom stereocenters. The number of halogens is 1. The molecule has 0 radical (unpaired) electrons. The molecule has 3 rings (SSSR count). The zero-order chi connectivity index (χ0) is 29.5. The lowest BCUT2D eigenvalue weighted by molar-refractivity contribution is -0.140. The van der Waals surface area contributed by atoms with E-state index in [-0.39, 0.29) is 23.0 Å². The van der Waals surface area contributed by atoms with Crippen LogP contribution >= 0.6 is 11.6 Å². The Balaban J connectivity index is 2.03. The molecule has 214 valence electrons. The van der Waals surface area contributed by atoms with Crippen LogP contribution in [0.1, 0.15) is 40.2 Å². The minimum Gasteiger partial charge on any atom is -0.494 e. The number of ether oxygens (including phenoxy) is 1. The van der Waals surface area contributed by atoms with Gasteiger partial charge in [-0.05, 0) is 88.7 Å². The van der Waals surface area contributed by atoms with Crippen molar-refractivity contribution < 1.29 is 22.7 Å². The number of carbonyl (C=O) groups excluding carboxylic acids is 2. The average molecular weight is 586 g/mol. The first-order valence-corrected chi connectivity index (χ1v) is 14.8. The lowest BCUT2D eigenvalue weighted by atomic mass is 10.1. The highest BCUT2D eigenvalue weighted by molar-refractivity contribution is 7.92. The topological polar surface area (TPSA) is 96.0 Å². The van der Waals surface area contributed by atoms with Crippen LogP contribution in [-0.4, -0.2) is 49.9 Å². The molecular formula is C30H36ClN3O5S. The number of benzene rings is 3. The van der Waals surface area contributed by atoms with Gasteiger partial charge in [-0.25, -0.2) is 8.42 Å². The molecule has 0 heterocycles. The summed E-state index contributed by atoms with van der Waals surface area (Å²) in [6, 6.07) is 20.5. The summed E-state index contributed by atoms with van der Waals surface area (Å²) in [6.07, 6.45) is 0. The van der Waals surface area contributed by atoms with Crippen molar-refractivity contribution in [1.29, 1.82) is 0 Å². The van der Waals surface area contributed by atoms with E-state index in [4.69, 9.17) is 16.3 Å². The molecule has 2 amide bonds. The van der Waals surface area contributed by atoms with Gasteiger partial charge in [-0.1, -0.05) is 41.9 Å². The number of hydrogen-bond acceptors (Lipinski definition) is 5. The van der Waals surface area contributed by atoms with E-state index in [0.717, 1.165) is 4.31 Å². The highest BCUT2D eigenvalue weighted by Gasteiger charge is 2.33. The third-order valence-electron chi connectivity index (χ3n) is 5.95. The third-order valence-corrected chi connectivity index (χ3v) is 7.98. The fraction of sp³-hybridized carbons (Fsp3) is 0.333. The SMILES string of the molecule is CCOc1ccc(N(CC(=O)N(Cc2cccc(Cl)c2)[C@@H](C)C(=O)NC(C)(C)C)S(=O)(=O)c2ccccc2)cc1. The number of anilines is 1. The molecule has 40 heavy (non-hydrogen) atoms. The van der Waals surface area contributed by atoms with Gasteiger partial charge < -0.3 is 15.0 Å². The van der Waals surface area contributed by atoms with Gasteiger partial charge in [-0.15, -0.1) is 0 Å². The standard InChI is InChI=1S/C30H36ClN3O5S/c1-6-39-26-17-15-25(16-18-26)34(40(37,38)27-13-8-7-9-14-27)21-28(35)33(20-23-11-10-12-24(31)19-23)22(2)29(36)32-30(3,4)5/h7-19,22H,6,20-21H2,1-5H3,(H,32,36)/t22-/m0/s1. The maximum atomic E-state index is 14.0. The molecule has 0 aromatic heterocycles. The molecule has 3 aromatic carbocycles. The fourth-order valence-electron chi connectivity index (χ4n) is 4.01. The van der Waals surface area contributed by atoms with Gasteiger partial charge in [0.25, 0.3) is 10.0 Å². The van der Waals surface area contributed by atoms with E-state index in [1.54, 1.807) is 73.7 Å². The molecule has 1 atom stereocenters. The summed E-state index contributed by atoms with van der Waals surface area (Å²) in [7, 11) is -4.14. The Kier molecular flexibility index (Phi) is 10.2. The van der Waals surface area contributed by atoms with E-state index >= 15 is 0 Å². The number of hydrogen-bond donors (Lipinski definition) is 1. The van der Waals surface area contributed by atoms with Gasteiger partial charge in [0.15, 0.2) is 0 Å². The zero-order valence-corrected chi connectivity index (χ0v) is 25.0. The maximum Gasteiger partial charge on any atom is 0.264 e. The van der Waals surface area contributed by atoms with Crippen molar-refractivity contribution in [3.63, 3.8) is 0 Å². The molecule has 0 aliphatic rings. The normalized spacial score (nSPS) is 12.3. The summed E-state index contributed by atoms with van der Waals surface area (Å²) in [5.74, 6) is -0.337. The van der Waals surface area contributed by atoms with Crippen molar-refractivity contribution in [3.05, 3.63) is 89.4 Å². The van der Waals surface area contributed by atoms with E-state index in [1.807, 2.05) is 27.7 Å². The van der Waals surface area contributed by atoms with Crippen LogP contribution in [0.3, 0.4) is 0 Å². The molecule has 0 fully saturated rings. The smallest absolute Gasteiger partial charge is 0.264 e. The number of amides is 2. The Labute approximate surface area is 241 Å². The van der Waals surface area contributed by atoms with Crippen LogP contribution in [0.2, 0.25) is 5.02 Å². The predicted octanol–water partition coefficient (Wildman–Crippen LogP) is 5.27. The molecule has 3 aromatic rings. The summed E-state index contributed by atoms with van der Waals surface area (Å²) in [4.78, 5) is 28.5. The highest BCUT2D eigenvalue weighted by atomic mass is 35.5. The van der Waals surface area contributed by atoms with Crippen molar-refractivity contribution in [2.75, 3.05) is 17.5 Å². The van der Waals surface area contributed by atoms with Gasteiger partial charge >= 0.3 is 0 Å². The minimum absolute atomic E-state index is 0.0385. The first-order valence-electron chi connectivity index (χ1n) is 13.0. The Morgan fingerprint density at radius 2 is 1.62 bits per heavy atom. The summed E-state index contributed by atoms with van der Waals surface area (Å²) in [5, 5.41) is 3.39. The Morgan fingerprint density at radius 3 is 2.20 bits per heavy atom. The number of carbonyl (C=O) groups is 2. The second-order valence-electron chi connectivity index (χ2n) is 10.3. The van der Waals surface area contributed by atoms with E-state index in [9.17, 15) is 18.0 Å². The van der Waals surface area contributed by atoms with E-state index < -0.39 is 34.1 Å². The van der Waals surface area contributed by atoms with E-state index in [2.05, 4.69) is 5.32 Å². The van der Waals surface area contributed by atoms with Crippen LogP contribution in [0.25, 0.3) is 0 Å². The Hall–Kier alpha value is -3.56. The molecule has 1 N–H and O–H groups in total. The number of nitrogens with one attached hydrogen (secondary N) is 1. The van der Waals surface area contributed by atoms with Crippen molar-refractivity contribution in [1.82, 2.24) is 10.2 Å². The van der Waals surface area contributed by atoms with Crippen LogP contribution in [0.5, 0.6) is 5.75 Å². The maximum absolute atomic E-state index is 14.0. The predicted molar refractivity (Wildman–Crippen MR) is 158 cm³/mol. The molecule has 0 aliphatic carbocycles. The summed E-state index contributed by atoms with van der Waals surface area (Å²) in [6.45, 7) is 9.00. The molecule has 10 heteroatoms. The van der Waals surface area contributed by atoms with E-state index in [0.29, 0.717) is 22.9 Å². The third kappa shape index (κ3) is 8.22. The second kappa shape index (κ2) is 13.2. The van der Waals surface area contributed by atoms with Gasteiger partial charge in [0.2, 0.25) is 11.8 Å². The van der Waals surface area contributed by atoms with E-state index in [1.165, 1.54) is 17.0 Å². The van der Waals surface area contributed by atoms with Crippen molar-refractivity contribution in [3.8, 4) is 5.75 Å².